The molecule has 11 nitrogen and oxygen atoms in total. The lowest BCUT2D eigenvalue weighted by Crippen LogP contribution is -2.46. The van der Waals surface area contributed by atoms with E-state index in [1.807, 2.05) is 27.5 Å². The Hall–Kier alpha value is -4.74. The average molecular weight is 648 g/mol. The van der Waals surface area contributed by atoms with E-state index in [0.29, 0.717) is 6.04 Å². The van der Waals surface area contributed by atoms with Crippen LogP contribution in [0, 0.1) is 5.82 Å². The van der Waals surface area contributed by atoms with Gasteiger partial charge in [-0.25, -0.2) is 23.9 Å². The van der Waals surface area contributed by atoms with Crippen molar-refractivity contribution in [3.8, 4) is 11.3 Å². The molecule has 5 rings (SSSR count). The number of hydrogen-bond acceptors (Lipinski definition) is 7. The van der Waals surface area contributed by atoms with Crippen molar-refractivity contribution in [1.82, 2.24) is 29.0 Å². The fourth-order valence-electron chi connectivity index (χ4n) is 4.11. The third-order valence-electron chi connectivity index (χ3n) is 6.28. The van der Waals surface area contributed by atoms with Gasteiger partial charge in [-0.2, -0.15) is 31.4 Å². The number of piperazine rings is 1. The fraction of sp³-hybridized carbons (Fsp3) is 0.370. The smallest absolute Gasteiger partial charge is 0.475 e. The van der Waals surface area contributed by atoms with Gasteiger partial charge in [0, 0.05) is 68.5 Å². The molecule has 0 unspecified atom stereocenters. The van der Waals surface area contributed by atoms with Crippen LogP contribution in [-0.4, -0.2) is 89.7 Å². The predicted octanol–water partition coefficient (Wildman–Crippen LogP) is 4.90. The molecule has 1 aromatic carbocycles. The number of carboxylic acids is 2. The standard InChI is InChI=1S/C23H26FN7.2C2HF3O2/c1-17(2)31-16-18(13-27-31)15-28-8-10-29(11-9-28)22-23-26-14-21(30(23)7-6-25-22)19-4-3-5-20(24)12-19;2*3-2(4,5)1(6)7/h3-7,12-14,16-17H,8-11,15H2,1-2H3;2*(H,6,7). The zero-order valence-corrected chi connectivity index (χ0v) is 23.8. The van der Waals surface area contributed by atoms with Crippen LogP contribution in [0.15, 0.2) is 55.2 Å². The third-order valence-corrected chi connectivity index (χ3v) is 6.28. The van der Waals surface area contributed by atoms with Gasteiger partial charge in [0.1, 0.15) is 5.82 Å². The van der Waals surface area contributed by atoms with Crippen LogP contribution in [0.2, 0.25) is 0 Å². The van der Waals surface area contributed by atoms with Crippen LogP contribution >= 0.6 is 0 Å². The Morgan fingerprint density at radius 3 is 2.04 bits per heavy atom. The first-order valence-corrected chi connectivity index (χ1v) is 13.2. The number of fused-ring (bicyclic) bond motifs is 1. The van der Waals surface area contributed by atoms with Crippen molar-refractivity contribution < 1.29 is 50.5 Å². The molecule has 0 amide bonds. The second kappa shape index (κ2) is 14.4. The number of anilines is 1. The lowest BCUT2D eigenvalue weighted by molar-refractivity contribution is -0.193. The molecule has 1 aliphatic rings. The van der Waals surface area contributed by atoms with Gasteiger partial charge in [0.05, 0.1) is 18.1 Å². The molecule has 244 valence electrons. The Labute approximate surface area is 251 Å². The topological polar surface area (TPSA) is 129 Å². The van der Waals surface area contributed by atoms with Crippen LogP contribution in [0.5, 0.6) is 0 Å². The summed E-state index contributed by atoms with van der Waals surface area (Å²) in [6.07, 6.45) is -0.600. The van der Waals surface area contributed by atoms with Gasteiger partial charge in [0.2, 0.25) is 0 Å². The molecule has 0 saturated carbocycles. The van der Waals surface area contributed by atoms with E-state index in [0.717, 1.165) is 55.4 Å². The maximum atomic E-state index is 13.7. The summed E-state index contributed by atoms with van der Waals surface area (Å²) < 4.78 is 81.2. The number of aromatic nitrogens is 5. The number of alkyl halides is 6. The van der Waals surface area contributed by atoms with E-state index in [-0.39, 0.29) is 5.82 Å². The lowest BCUT2D eigenvalue weighted by atomic mass is 10.1. The van der Waals surface area contributed by atoms with Gasteiger partial charge in [0.25, 0.3) is 0 Å². The Kier molecular flexibility index (Phi) is 11.1. The molecule has 3 aromatic heterocycles. The maximum absolute atomic E-state index is 13.7. The van der Waals surface area contributed by atoms with Crippen LogP contribution < -0.4 is 4.90 Å². The number of carboxylic acid groups (broad SMARTS) is 2. The van der Waals surface area contributed by atoms with E-state index in [1.54, 1.807) is 18.5 Å². The van der Waals surface area contributed by atoms with Crippen molar-refractivity contribution in [2.75, 3.05) is 31.1 Å². The van der Waals surface area contributed by atoms with Gasteiger partial charge in [-0.15, -0.1) is 0 Å². The van der Waals surface area contributed by atoms with Crippen molar-refractivity contribution in [3.63, 3.8) is 0 Å². The molecule has 2 N–H and O–H groups in total. The van der Waals surface area contributed by atoms with Crippen molar-refractivity contribution in [2.45, 2.75) is 38.8 Å². The van der Waals surface area contributed by atoms with Gasteiger partial charge in [-0.05, 0) is 26.0 Å². The highest BCUT2D eigenvalue weighted by molar-refractivity contribution is 5.73. The molecular formula is C27H28F7N7O4. The molecule has 1 fully saturated rings. The van der Waals surface area contributed by atoms with Crippen LogP contribution in [0.4, 0.5) is 36.6 Å². The van der Waals surface area contributed by atoms with E-state index in [9.17, 15) is 30.7 Å². The van der Waals surface area contributed by atoms with E-state index in [4.69, 9.17) is 19.8 Å². The van der Waals surface area contributed by atoms with E-state index >= 15 is 0 Å². The summed E-state index contributed by atoms with van der Waals surface area (Å²) in [6.45, 7) is 8.85. The normalized spacial score (nSPS) is 14.0. The maximum Gasteiger partial charge on any atom is 0.490 e. The molecule has 4 heterocycles. The summed E-state index contributed by atoms with van der Waals surface area (Å²) in [5, 5.41) is 18.7. The number of benzene rings is 1. The molecule has 0 atom stereocenters. The zero-order chi connectivity index (χ0) is 33.5. The van der Waals surface area contributed by atoms with E-state index in [2.05, 4.69) is 44.9 Å². The summed E-state index contributed by atoms with van der Waals surface area (Å²) in [7, 11) is 0. The van der Waals surface area contributed by atoms with Gasteiger partial charge in [0.15, 0.2) is 11.5 Å². The molecule has 1 saturated heterocycles. The zero-order valence-electron chi connectivity index (χ0n) is 23.8. The van der Waals surface area contributed by atoms with Crippen LogP contribution in [-0.2, 0) is 16.1 Å². The largest absolute Gasteiger partial charge is 0.490 e. The minimum Gasteiger partial charge on any atom is -0.475 e. The highest BCUT2D eigenvalue weighted by Gasteiger charge is 2.38. The third kappa shape index (κ3) is 9.62. The Morgan fingerprint density at radius 1 is 0.933 bits per heavy atom. The average Bonchev–Trinajstić information content (AvgIpc) is 3.61. The second-order valence-corrected chi connectivity index (χ2v) is 9.89. The first kappa shape index (κ1) is 34.7. The molecule has 1 aliphatic heterocycles. The summed E-state index contributed by atoms with van der Waals surface area (Å²) in [5.74, 6) is -4.89. The summed E-state index contributed by atoms with van der Waals surface area (Å²) in [5.41, 5.74) is 3.71. The monoisotopic (exact) mass is 647 g/mol. The first-order chi connectivity index (χ1) is 21.0. The quantitative estimate of drug-likeness (QED) is 0.291. The highest BCUT2D eigenvalue weighted by Crippen LogP contribution is 2.26. The SMILES string of the molecule is CC(C)n1cc(CN2CCN(c3nccn4c(-c5cccc(F)c5)cnc34)CC2)cn1.O=C(O)C(F)(F)F.O=C(O)C(F)(F)F. The Morgan fingerprint density at radius 2 is 1.53 bits per heavy atom. The summed E-state index contributed by atoms with van der Waals surface area (Å²) >= 11 is 0. The van der Waals surface area contributed by atoms with Crippen molar-refractivity contribution >= 4 is 23.4 Å². The molecule has 0 aliphatic carbocycles. The van der Waals surface area contributed by atoms with Gasteiger partial charge in [-0.1, -0.05) is 12.1 Å². The van der Waals surface area contributed by atoms with Crippen molar-refractivity contribution in [1.29, 1.82) is 0 Å². The molecular weight excluding hydrogens is 619 g/mol. The van der Waals surface area contributed by atoms with Gasteiger partial charge in [-0.3, -0.25) is 14.0 Å². The summed E-state index contributed by atoms with van der Waals surface area (Å²) in [6, 6.07) is 6.98. The van der Waals surface area contributed by atoms with E-state index < -0.39 is 24.3 Å². The number of nitrogens with zero attached hydrogens (tertiary/aromatic N) is 7. The highest BCUT2D eigenvalue weighted by atomic mass is 19.4. The van der Waals surface area contributed by atoms with Crippen LogP contribution in [0.3, 0.4) is 0 Å². The number of aliphatic carboxylic acids is 2. The number of imidazole rings is 1. The molecule has 0 bridgehead atoms. The molecule has 18 heteroatoms. The molecule has 0 spiro atoms. The molecule has 45 heavy (non-hydrogen) atoms. The van der Waals surface area contributed by atoms with Crippen molar-refractivity contribution in [3.05, 3.63) is 66.6 Å². The predicted molar refractivity (Wildman–Crippen MR) is 146 cm³/mol. The number of hydrogen-bond donors (Lipinski definition) is 2. The number of rotatable bonds is 5. The van der Waals surface area contributed by atoms with Gasteiger partial charge >= 0.3 is 24.3 Å². The van der Waals surface area contributed by atoms with E-state index in [1.165, 1.54) is 17.7 Å². The first-order valence-electron chi connectivity index (χ1n) is 13.2. The van der Waals surface area contributed by atoms with Crippen molar-refractivity contribution in [2.24, 2.45) is 0 Å². The van der Waals surface area contributed by atoms with Crippen LogP contribution in [0.1, 0.15) is 25.5 Å². The second-order valence-electron chi connectivity index (χ2n) is 9.89. The van der Waals surface area contributed by atoms with Crippen LogP contribution in [0.25, 0.3) is 16.9 Å². The number of carbonyl (C=O) groups is 2. The summed E-state index contributed by atoms with van der Waals surface area (Å²) in [4.78, 5) is 31.8. The fourth-order valence-corrected chi connectivity index (χ4v) is 4.11. The Bertz CT molecular complexity index is 1570. The number of halogens is 7. The molecule has 0 radical (unpaired) electrons. The molecule has 4 aromatic rings. The minimum absolute atomic E-state index is 0.253. The Balaban J connectivity index is 0.000000331. The van der Waals surface area contributed by atoms with Gasteiger partial charge < -0.3 is 15.1 Å². The minimum atomic E-state index is -5.08. The lowest BCUT2D eigenvalue weighted by Gasteiger charge is -2.35.